The van der Waals surface area contributed by atoms with E-state index in [1.165, 1.54) is 21.8 Å². The summed E-state index contributed by atoms with van der Waals surface area (Å²) in [4.78, 5) is 37.5. The SMILES string of the molecule is CCCNC(=O)[C@H](C)NC(=O)COC(=O)c1cc2c(s1)CC[C@H](C)C2. The van der Waals surface area contributed by atoms with E-state index in [1.54, 1.807) is 6.92 Å². The van der Waals surface area contributed by atoms with E-state index in [0.29, 0.717) is 17.3 Å². The Balaban J connectivity index is 1.80. The monoisotopic (exact) mass is 366 g/mol. The lowest BCUT2D eigenvalue weighted by Gasteiger charge is -2.16. The first-order valence-corrected chi connectivity index (χ1v) is 9.58. The summed E-state index contributed by atoms with van der Waals surface area (Å²) < 4.78 is 5.08. The van der Waals surface area contributed by atoms with Gasteiger partial charge in [-0.1, -0.05) is 13.8 Å². The third-order valence-electron chi connectivity index (χ3n) is 4.18. The number of carbonyl (C=O) groups is 3. The summed E-state index contributed by atoms with van der Waals surface area (Å²) in [7, 11) is 0. The van der Waals surface area contributed by atoms with Crippen LogP contribution in [0, 0.1) is 5.92 Å². The van der Waals surface area contributed by atoms with Gasteiger partial charge in [-0.3, -0.25) is 9.59 Å². The number of hydrogen-bond donors (Lipinski definition) is 2. The highest BCUT2D eigenvalue weighted by Gasteiger charge is 2.22. The maximum absolute atomic E-state index is 12.1. The molecule has 2 N–H and O–H groups in total. The largest absolute Gasteiger partial charge is 0.451 e. The third-order valence-corrected chi connectivity index (χ3v) is 5.40. The Bertz CT molecular complexity index is 641. The molecule has 1 heterocycles. The topological polar surface area (TPSA) is 84.5 Å². The summed E-state index contributed by atoms with van der Waals surface area (Å²) >= 11 is 1.45. The van der Waals surface area contributed by atoms with E-state index in [4.69, 9.17) is 4.74 Å². The van der Waals surface area contributed by atoms with Crippen LogP contribution in [0.1, 0.15) is 53.7 Å². The second kappa shape index (κ2) is 8.99. The van der Waals surface area contributed by atoms with Gasteiger partial charge in [-0.25, -0.2) is 4.79 Å². The average Bonchev–Trinajstić information content (AvgIpc) is 3.00. The van der Waals surface area contributed by atoms with Gasteiger partial charge in [0.05, 0.1) is 0 Å². The zero-order valence-electron chi connectivity index (χ0n) is 15.0. The van der Waals surface area contributed by atoms with Crippen molar-refractivity contribution in [2.45, 2.75) is 52.5 Å². The summed E-state index contributed by atoms with van der Waals surface area (Å²) in [6, 6.07) is 1.23. The molecule has 1 aromatic rings. The van der Waals surface area contributed by atoms with Gasteiger partial charge in [0.25, 0.3) is 5.91 Å². The Morgan fingerprint density at radius 1 is 1.40 bits per heavy atom. The summed E-state index contributed by atoms with van der Waals surface area (Å²) in [6.07, 6.45) is 3.96. The van der Waals surface area contributed by atoms with Crippen molar-refractivity contribution < 1.29 is 19.1 Å². The minimum atomic E-state index is -0.659. The molecule has 0 bridgehead atoms. The fourth-order valence-corrected chi connectivity index (χ4v) is 3.86. The minimum absolute atomic E-state index is 0.249. The Kier molecular flexibility index (Phi) is 6.99. The standard InChI is InChI=1S/C18H26N2O4S/c1-4-7-19-17(22)12(3)20-16(21)10-24-18(23)15-9-13-8-11(2)5-6-14(13)25-15/h9,11-12H,4-8,10H2,1-3H3,(H,19,22)(H,20,21)/t11-,12-/m0/s1. The van der Waals surface area contributed by atoms with Gasteiger partial charge in [0.15, 0.2) is 6.61 Å². The molecule has 138 valence electrons. The molecule has 25 heavy (non-hydrogen) atoms. The predicted molar refractivity (Wildman–Crippen MR) is 96.7 cm³/mol. The molecule has 1 aromatic heterocycles. The highest BCUT2D eigenvalue weighted by molar-refractivity contribution is 7.14. The third kappa shape index (κ3) is 5.56. The minimum Gasteiger partial charge on any atom is -0.451 e. The molecule has 2 atom stereocenters. The van der Waals surface area contributed by atoms with E-state index in [0.717, 1.165) is 25.7 Å². The molecule has 7 heteroatoms. The number of carbonyl (C=O) groups excluding carboxylic acids is 3. The molecule has 2 rings (SSSR count). The fraction of sp³-hybridized carbons (Fsp3) is 0.611. The van der Waals surface area contributed by atoms with E-state index in [2.05, 4.69) is 17.6 Å². The van der Waals surface area contributed by atoms with Crippen LogP contribution in [-0.4, -0.2) is 37.0 Å². The number of amides is 2. The summed E-state index contributed by atoms with van der Waals surface area (Å²) in [5, 5.41) is 5.23. The first kappa shape index (κ1) is 19.4. The summed E-state index contributed by atoms with van der Waals surface area (Å²) in [5.41, 5.74) is 1.22. The lowest BCUT2D eigenvalue weighted by atomic mass is 9.90. The fourth-order valence-electron chi connectivity index (χ4n) is 2.76. The average molecular weight is 366 g/mol. The molecule has 0 aliphatic heterocycles. The molecule has 0 aromatic carbocycles. The highest BCUT2D eigenvalue weighted by Crippen LogP contribution is 2.32. The lowest BCUT2D eigenvalue weighted by Crippen LogP contribution is -2.46. The lowest BCUT2D eigenvalue weighted by molar-refractivity contribution is -0.130. The van der Waals surface area contributed by atoms with E-state index in [1.807, 2.05) is 13.0 Å². The molecule has 1 aliphatic rings. The molecule has 0 radical (unpaired) electrons. The van der Waals surface area contributed by atoms with Crippen LogP contribution in [0.4, 0.5) is 0 Å². The maximum Gasteiger partial charge on any atom is 0.348 e. The predicted octanol–water partition coefficient (Wildman–Crippen LogP) is 2.06. The van der Waals surface area contributed by atoms with Crippen LogP contribution in [0.2, 0.25) is 0 Å². The molecular formula is C18H26N2O4S. The van der Waals surface area contributed by atoms with Crippen molar-refractivity contribution in [1.29, 1.82) is 0 Å². The second-order valence-corrected chi connectivity index (χ2v) is 7.70. The zero-order valence-corrected chi connectivity index (χ0v) is 15.8. The van der Waals surface area contributed by atoms with Crippen molar-refractivity contribution in [3.63, 3.8) is 0 Å². The van der Waals surface area contributed by atoms with Gasteiger partial charge in [-0.05, 0) is 50.2 Å². The van der Waals surface area contributed by atoms with Crippen molar-refractivity contribution in [2.75, 3.05) is 13.2 Å². The molecular weight excluding hydrogens is 340 g/mol. The molecule has 6 nitrogen and oxygen atoms in total. The van der Waals surface area contributed by atoms with E-state index in [-0.39, 0.29) is 12.5 Å². The van der Waals surface area contributed by atoms with Gasteiger partial charge in [-0.15, -0.1) is 11.3 Å². The van der Waals surface area contributed by atoms with Gasteiger partial charge in [0, 0.05) is 11.4 Å². The molecule has 0 unspecified atom stereocenters. The van der Waals surface area contributed by atoms with Gasteiger partial charge in [0.2, 0.25) is 5.91 Å². The van der Waals surface area contributed by atoms with Gasteiger partial charge in [0.1, 0.15) is 10.9 Å². The number of rotatable bonds is 7. The van der Waals surface area contributed by atoms with Gasteiger partial charge in [-0.2, -0.15) is 0 Å². The molecule has 0 saturated heterocycles. The van der Waals surface area contributed by atoms with Crippen molar-refractivity contribution in [1.82, 2.24) is 10.6 Å². The van der Waals surface area contributed by atoms with Crippen molar-refractivity contribution in [3.8, 4) is 0 Å². The van der Waals surface area contributed by atoms with Crippen LogP contribution in [0.25, 0.3) is 0 Å². The number of esters is 1. The number of aryl methyl sites for hydroxylation is 1. The van der Waals surface area contributed by atoms with Crippen LogP contribution in [0.3, 0.4) is 0 Å². The quantitative estimate of drug-likeness (QED) is 0.724. The number of fused-ring (bicyclic) bond motifs is 1. The smallest absolute Gasteiger partial charge is 0.348 e. The van der Waals surface area contributed by atoms with Gasteiger partial charge >= 0.3 is 5.97 Å². The van der Waals surface area contributed by atoms with Crippen molar-refractivity contribution in [2.24, 2.45) is 5.92 Å². The Morgan fingerprint density at radius 2 is 2.16 bits per heavy atom. The number of ether oxygens (including phenoxy) is 1. The number of hydrogen-bond acceptors (Lipinski definition) is 5. The first-order valence-electron chi connectivity index (χ1n) is 8.76. The second-order valence-electron chi connectivity index (χ2n) is 6.56. The Hall–Kier alpha value is -1.89. The van der Waals surface area contributed by atoms with E-state index < -0.39 is 17.9 Å². The van der Waals surface area contributed by atoms with Crippen molar-refractivity contribution >= 4 is 29.1 Å². The van der Waals surface area contributed by atoms with Crippen LogP contribution in [0.5, 0.6) is 0 Å². The first-order chi connectivity index (χ1) is 11.9. The van der Waals surface area contributed by atoms with E-state index in [9.17, 15) is 14.4 Å². The zero-order chi connectivity index (χ0) is 18.4. The van der Waals surface area contributed by atoms with E-state index >= 15 is 0 Å². The van der Waals surface area contributed by atoms with Crippen LogP contribution in [0.15, 0.2) is 6.07 Å². The van der Waals surface area contributed by atoms with Crippen LogP contribution >= 0.6 is 11.3 Å². The summed E-state index contributed by atoms with van der Waals surface area (Å²) in [6.45, 7) is 5.94. The Labute approximate surface area is 152 Å². The molecule has 0 spiro atoms. The normalized spacial score (nSPS) is 17.3. The van der Waals surface area contributed by atoms with Gasteiger partial charge < -0.3 is 15.4 Å². The molecule has 2 amide bonds. The van der Waals surface area contributed by atoms with Crippen molar-refractivity contribution in [3.05, 3.63) is 21.4 Å². The number of nitrogens with one attached hydrogen (secondary N) is 2. The van der Waals surface area contributed by atoms with Crippen LogP contribution in [-0.2, 0) is 27.2 Å². The number of thiophene rings is 1. The highest BCUT2D eigenvalue weighted by atomic mass is 32.1. The van der Waals surface area contributed by atoms with Crippen LogP contribution < -0.4 is 10.6 Å². The summed E-state index contributed by atoms with van der Waals surface area (Å²) in [5.74, 6) is -0.577. The molecule has 1 aliphatic carbocycles. The molecule has 0 fully saturated rings. The molecule has 0 saturated carbocycles. The maximum atomic E-state index is 12.1. The Morgan fingerprint density at radius 3 is 2.88 bits per heavy atom.